The molecular formula is C18H22N4O2S. The maximum Gasteiger partial charge on any atom is 0.343 e. The molecule has 6 nitrogen and oxygen atoms in total. The van der Waals surface area contributed by atoms with Gasteiger partial charge in [-0.25, -0.2) is 9.89 Å². The van der Waals surface area contributed by atoms with Crippen LogP contribution in [0.25, 0.3) is 5.57 Å². The van der Waals surface area contributed by atoms with Crippen LogP contribution in [-0.2, 0) is 11.3 Å². The molecule has 0 aliphatic carbocycles. The first-order valence-corrected chi connectivity index (χ1v) is 9.48. The van der Waals surface area contributed by atoms with Crippen LogP contribution in [0.5, 0.6) is 0 Å². The molecule has 0 spiro atoms. The molecule has 1 aromatic carbocycles. The number of thioether (sulfide) groups is 1. The Morgan fingerprint density at radius 3 is 2.80 bits per heavy atom. The molecule has 0 saturated heterocycles. The first-order chi connectivity index (χ1) is 12.2. The number of nitrogens with zero attached hydrogens (tertiary/aromatic N) is 3. The quantitative estimate of drug-likeness (QED) is 0.805. The van der Waals surface area contributed by atoms with Crippen LogP contribution >= 0.6 is 11.8 Å². The van der Waals surface area contributed by atoms with Crippen molar-refractivity contribution in [2.45, 2.75) is 31.5 Å². The Morgan fingerprint density at radius 1 is 1.32 bits per heavy atom. The van der Waals surface area contributed by atoms with Gasteiger partial charge in [-0.3, -0.25) is 9.36 Å². The van der Waals surface area contributed by atoms with Gasteiger partial charge in [-0.1, -0.05) is 55.1 Å². The fourth-order valence-electron chi connectivity index (χ4n) is 2.86. The van der Waals surface area contributed by atoms with Gasteiger partial charge in [0.1, 0.15) is 0 Å². The molecule has 0 fully saturated rings. The van der Waals surface area contributed by atoms with E-state index in [4.69, 9.17) is 0 Å². The van der Waals surface area contributed by atoms with E-state index in [9.17, 15) is 9.59 Å². The number of rotatable bonds is 6. The maximum absolute atomic E-state index is 12.4. The normalized spacial score (nSPS) is 14.4. The first-order valence-electron chi connectivity index (χ1n) is 8.49. The van der Waals surface area contributed by atoms with Gasteiger partial charge in [0.25, 0.3) is 0 Å². The van der Waals surface area contributed by atoms with Gasteiger partial charge in [0.15, 0.2) is 5.16 Å². The second-order valence-corrected chi connectivity index (χ2v) is 6.88. The molecule has 7 heteroatoms. The van der Waals surface area contributed by atoms with E-state index in [1.165, 1.54) is 22.9 Å². The summed E-state index contributed by atoms with van der Waals surface area (Å²) in [7, 11) is 0. The number of carbonyl (C=O) groups is 1. The third-order valence-corrected chi connectivity index (χ3v) is 5.16. The van der Waals surface area contributed by atoms with Crippen molar-refractivity contribution in [3.63, 3.8) is 0 Å². The van der Waals surface area contributed by atoms with Crippen LogP contribution in [0.4, 0.5) is 0 Å². The Morgan fingerprint density at radius 2 is 2.12 bits per heavy atom. The van der Waals surface area contributed by atoms with Crippen molar-refractivity contribution < 1.29 is 4.79 Å². The Kier molecular flexibility index (Phi) is 5.75. The average molecular weight is 358 g/mol. The Balaban J connectivity index is 1.57. The lowest BCUT2D eigenvalue weighted by Gasteiger charge is -2.26. The molecule has 132 valence electrons. The van der Waals surface area contributed by atoms with Gasteiger partial charge in [0.2, 0.25) is 5.91 Å². The second-order valence-electron chi connectivity index (χ2n) is 5.94. The van der Waals surface area contributed by atoms with Gasteiger partial charge in [-0.05, 0) is 24.0 Å². The minimum atomic E-state index is -0.217. The van der Waals surface area contributed by atoms with Gasteiger partial charge >= 0.3 is 5.69 Å². The number of hydrogen-bond acceptors (Lipinski definition) is 4. The highest BCUT2D eigenvalue weighted by molar-refractivity contribution is 7.99. The lowest BCUT2D eigenvalue weighted by molar-refractivity contribution is -0.127. The molecule has 0 bridgehead atoms. The molecule has 0 unspecified atom stereocenters. The zero-order valence-corrected chi connectivity index (χ0v) is 15.1. The summed E-state index contributed by atoms with van der Waals surface area (Å²) in [4.78, 5) is 26.0. The monoisotopic (exact) mass is 358 g/mol. The summed E-state index contributed by atoms with van der Waals surface area (Å²) < 4.78 is 1.58. The van der Waals surface area contributed by atoms with E-state index >= 15 is 0 Å². The average Bonchev–Trinajstić information content (AvgIpc) is 3.01. The summed E-state index contributed by atoms with van der Waals surface area (Å²) in [6, 6.07) is 10.3. The van der Waals surface area contributed by atoms with E-state index in [0.717, 1.165) is 19.4 Å². The molecule has 0 saturated carbocycles. The number of hydrogen-bond donors (Lipinski definition) is 1. The van der Waals surface area contributed by atoms with Crippen molar-refractivity contribution in [3.8, 4) is 0 Å². The van der Waals surface area contributed by atoms with Gasteiger partial charge in [-0.15, -0.1) is 5.10 Å². The Hall–Kier alpha value is -2.28. The summed E-state index contributed by atoms with van der Waals surface area (Å²) in [5.41, 5.74) is 2.30. The minimum Gasteiger partial charge on any atom is -0.338 e. The van der Waals surface area contributed by atoms with Gasteiger partial charge in [-0.2, -0.15) is 0 Å². The van der Waals surface area contributed by atoms with E-state index in [-0.39, 0.29) is 11.6 Å². The maximum atomic E-state index is 12.4. The van der Waals surface area contributed by atoms with Crippen LogP contribution in [-0.4, -0.2) is 44.4 Å². The summed E-state index contributed by atoms with van der Waals surface area (Å²) in [6.45, 7) is 3.97. The van der Waals surface area contributed by atoms with Crippen molar-refractivity contribution in [2.75, 3.05) is 18.8 Å². The fourth-order valence-corrected chi connectivity index (χ4v) is 3.74. The number of H-pyrrole nitrogens is 1. The molecular weight excluding hydrogens is 336 g/mol. The van der Waals surface area contributed by atoms with Crippen LogP contribution in [0, 0.1) is 0 Å². The highest BCUT2D eigenvalue weighted by atomic mass is 32.2. The molecule has 1 aliphatic heterocycles. The zero-order valence-electron chi connectivity index (χ0n) is 14.3. The minimum absolute atomic E-state index is 0.0758. The molecule has 1 amide bonds. The third kappa shape index (κ3) is 4.22. The van der Waals surface area contributed by atoms with E-state index in [1.807, 2.05) is 30.0 Å². The lowest BCUT2D eigenvalue weighted by Crippen LogP contribution is -2.36. The summed E-state index contributed by atoms with van der Waals surface area (Å²) in [5, 5.41) is 7.04. The van der Waals surface area contributed by atoms with E-state index in [1.54, 1.807) is 4.57 Å². The second kappa shape index (κ2) is 8.20. The highest BCUT2D eigenvalue weighted by Crippen LogP contribution is 2.23. The van der Waals surface area contributed by atoms with Crippen molar-refractivity contribution in [1.29, 1.82) is 0 Å². The predicted molar refractivity (Wildman–Crippen MR) is 99.5 cm³/mol. The highest BCUT2D eigenvalue weighted by Gasteiger charge is 2.19. The van der Waals surface area contributed by atoms with Crippen LogP contribution in [0.3, 0.4) is 0 Å². The topological polar surface area (TPSA) is 71.0 Å². The SMILES string of the molecule is CCCn1c(SCC(=O)N2CC=C(c3ccccc3)CC2)n[nH]c1=O. The fraction of sp³-hybridized carbons (Fsp3) is 0.389. The van der Waals surface area contributed by atoms with Crippen LogP contribution < -0.4 is 5.69 Å². The van der Waals surface area contributed by atoms with Gasteiger partial charge in [0.05, 0.1) is 5.75 Å². The van der Waals surface area contributed by atoms with E-state index < -0.39 is 0 Å². The van der Waals surface area contributed by atoms with Crippen molar-refractivity contribution in [1.82, 2.24) is 19.7 Å². The van der Waals surface area contributed by atoms with E-state index in [0.29, 0.717) is 24.0 Å². The van der Waals surface area contributed by atoms with Crippen LogP contribution in [0.15, 0.2) is 46.4 Å². The van der Waals surface area contributed by atoms with Crippen molar-refractivity contribution in [3.05, 3.63) is 52.5 Å². The van der Waals surface area contributed by atoms with Crippen LogP contribution in [0.2, 0.25) is 0 Å². The van der Waals surface area contributed by atoms with Gasteiger partial charge < -0.3 is 4.90 Å². The first kappa shape index (κ1) is 17.5. The van der Waals surface area contributed by atoms with E-state index in [2.05, 4.69) is 28.4 Å². The number of nitrogens with one attached hydrogen (secondary N) is 1. The molecule has 3 rings (SSSR count). The molecule has 1 aromatic heterocycles. The summed E-state index contributed by atoms with van der Waals surface area (Å²) >= 11 is 1.32. The number of benzene rings is 1. The predicted octanol–water partition coefficient (Wildman–Crippen LogP) is 2.39. The Bertz CT molecular complexity index is 810. The van der Waals surface area contributed by atoms with Gasteiger partial charge in [0, 0.05) is 19.6 Å². The van der Waals surface area contributed by atoms with Crippen molar-refractivity contribution in [2.24, 2.45) is 0 Å². The Labute approximate surface area is 150 Å². The number of aromatic amines is 1. The molecule has 1 N–H and O–H groups in total. The zero-order chi connectivity index (χ0) is 17.6. The number of carbonyl (C=O) groups excluding carboxylic acids is 1. The number of amides is 1. The summed E-state index contributed by atoms with van der Waals surface area (Å²) in [5.74, 6) is 0.370. The third-order valence-electron chi connectivity index (χ3n) is 4.20. The molecule has 1 aliphatic rings. The lowest BCUT2D eigenvalue weighted by atomic mass is 10.00. The molecule has 2 aromatic rings. The largest absolute Gasteiger partial charge is 0.343 e. The molecule has 25 heavy (non-hydrogen) atoms. The van der Waals surface area contributed by atoms with Crippen LogP contribution in [0.1, 0.15) is 25.3 Å². The molecule has 0 atom stereocenters. The summed E-state index contributed by atoms with van der Waals surface area (Å²) in [6.07, 6.45) is 3.84. The molecule has 2 heterocycles. The standard InChI is InChI=1S/C18H22N4O2S/c1-2-10-22-17(24)19-20-18(22)25-13-16(23)21-11-8-15(9-12-21)14-6-4-3-5-7-14/h3-8H,2,9-13H2,1H3,(H,19,24). The number of aromatic nitrogens is 3. The van der Waals surface area contributed by atoms with Crippen molar-refractivity contribution >= 4 is 23.2 Å². The smallest absolute Gasteiger partial charge is 0.338 e. The molecule has 0 radical (unpaired) electrons.